The lowest BCUT2D eigenvalue weighted by atomic mass is 10.0. The predicted octanol–water partition coefficient (Wildman–Crippen LogP) is 3.74. The molecule has 4 rings (SSSR count). The van der Waals surface area contributed by atoms with Gasteiger partial charge >= 0.3 is 0 Å². The molecule has 1 atom stereocenters. The number of nitro groups is 2. The summed E-state index contributed by atoms with van der Waals surface area (Å²) in [5.74, 6) is -1.04. The maximum atomic E-state index is 12.8. The third-order valence-electron chi connectivity index (χ3n) is 5.50. The number of nitrogens with zero attached hydrogens (tertiary/aromatic N) is 5. The summed E-state index contributed by atoms with van der Waals surface area (Å²) in [6, 6.07) is 9.40. The third-order valence-corrected chi connectivity index (χ3v) is 6.50. The highest BCUT2D eigenvalue weighted by atomic mass is 32.1. The van der Waals surface area contributed by atoms with Crippen LogP contribution in [0.4, 0.5) is 22.2 Å². The molecule has 0 radical (unpaired) electrons. The predicted molar refractivity (Wildman–Crippen MR) is 123 cm³/mol. The molecule has 0 spiro atoms. The van der Waals surface area contributed by atoms with Crippen LogP contribution in [0.5, 0.6) is 0 Å². The van der Waals surface area contributed by atoms with Crippen molar-refractivity contribution in [3.63, 3.8) is 0 Å². The van der Waals surface area contributed by atoms with Crippen LogP contribution in [-0.2, 0) is 4.79 Å². The second-order valence-corrected chi connectivity index (χ2v) is 8.80. The summed E-state index contributed by atoms with van der Waals surface area (Å²) in [5, 5.41) is 33.6. The number of carbonyl (C=O) groups excluding carboxylic acids is 2. The monoisotopic (exact) mass is 482 g/mol. The first-order valence-corrected chi connectivity index (χ1v) is 10.9. The van der Waals surface area contributed by atoms with E-state index >= 15 is 0 Å². The summed E-state index contributed by atoms with van der Waals surface area (Å²) < 4.78 is 0. The molecule has 34 heavy (non-hydrogen) atoms. The molecule has 1 aliphatic heterocycles. The molecule has 174 valence electrons. The Hall–Kier alpha value is -4.26. The molecule has 13 heteroatoms. The molecular weight excluding hydrogens is 464 g/mol. The summed E-state index contributed by atoms with van der Waals surface area (Å²) in [6.07, 6.45) is 0.243. The molecule has 3 aromatic rings. The van der Waals surface area contributed by atoms with Crippen molar-refractivity contribution in [2.75, 3.05) is 16.8 Å². The third kappa shape index (κ3) is 4.45. The van der Waals surface area contributed by atoms with E-state index in [1.165, 1.54) is 6.92 Å². The van der Waals surface area contributed by atoms with Crippen LogP contribution in [0, 0.1) is 34.1 Å². The molecule has 1 N–H and O–H groups in total. The van der Waals surface area contributed by atoms with Crippen LogP contribution in [0.3, 0.4) is 0 Å². The molecule has 0 bridgehead atoms. The topological polar surface area (TPSA) is 161 Å². The van der Waals surface area contributed by atoms with Gasteiger partial charge in [-0.05, 0) is 26.0 Å². The van der Waals surface area contributed by atoms with Crippen LogP contribution in [0.15, 0.2) is 36.4 Å². The molecule has 1 aromatic heterocycles. The summed E-state index contributed by atoms with van der Waals surface area (Å²) in [7, 11) is 0. The Balaban J connectivity index is 1.52. The van der Waals surface area contributed by atoms with Gasteiger partial charge < -0.3 is 4.90 Å². The first kappa shape index (κ1) is 22.9. The zero-order chi connectivity index (χ0) is 24.6. The second-order valence-electron chi connectivity index (χ2n) is 7.79. The van der Waals surface area contributed by atoms with Gasteiger partial charge in [0.15, 0.2) is 0 Å². The number of carbonyl (C=O) groups is 2. The van der Waals surface area contributed by atoms with E-state index < -0.39 is 27.1 Å². The first-order valence-electron chi connectivity index (χ1n) is 10.1. The van der Waals surface area contributed by atoms with Crippen LogP contribution in [0.2, 0.25) is 0 Å². The van der Waals surface area contributed by atoms with Crippen molar-refractivity contribution in [3.8, 4) is 0 Å². The molecule has 1 fully saturated rings. The van der Waals surface area contributed by atoms with Gasteiger partial charge in [-0.1, -0.05) is 29.0 Å². The fourth-order valence-electron chi connectivity index (χ4n) is 3.68. The quantitative estimate of drug-likeness (QED) is 0.410. The summed E-state index contributed by atoms with van der Waals surface area (Å²) in [6.45, 7) is 3.72. The van der Waals surface area contributed by atoms with Gasteiger partial charge in [0.05, 0.1) is 21.5 Å². The van der Waals surface area contributed by atoms with Crippen LogP contribution in [0.1, 0.15) is 38.8 Å². The number of amides is 2. The average molecular weight is 482 g/mol. The molecule has 2 heterocycles. The number of anilines is 2. The minimum atomic E-state index is -0.802. The van der Waals surface area contributed by atoms with E-state index in [1.54, 1.807) is 4.90 Å². The van der Waals surface area contributed by atoms with Crippen LogP contribution < -0.4 is 10.2 Å². The number of aryl methyl sites for hydroxylation is 1. The summed E-state index contributed by atoms with van der Waals surface area (Å²) >= 11 is 1.08. The van der Waals surface area contributed by atoms with Gasteiger partial charge in [0.2, 0.25) is 11.0 Å². The van der Waals surface area contributed by atoms with E-state index in [-0.39, 0.29) is 34.5 Å². The van der Waals surface area contributed by atoms with Gasteiger partial charge in [-0.15, -0.1) is 10.2 Å². The standard InChI is InChI=1S/C21H18N6O6S/c1-11-3-5-14(6-4-11)25-10-13(7-18(25)28)20-23-24-21(34-20)22-19(29)16-8-15(26(30)31)9-17(12(16)2)27(32)33/h3-6,8-9,13H,7,10H2,1-2H3,(H,22,24,29). The fraction of sp³-hybridized carbons (Fsp3) is 0.238. The zero-order valence-electron chi connectivity index (χ0n) is 18.0. The maximum Gasteiger partial charge on any atom is 0.279 e. The average Bonchev–Trinajstić information content (AvgIpc) is 3.40. The highest BCUT2D eigenvalue weighted by molar-refractivity contribution is 7.15. The Bertz CT molecular complexity index is 1320. The number of nitrogens with one attached hydrogen (secondary N) is 1. The molecule has 1 saturated heterocycles. The van der Waals surface area contributed by atoms with Crippen LogP contribution >= 0.6 is 11.3 Å². The van der Waals surface area contributed by atoms with Crippen molar-refractivity contribution in [1.29, 1.82) is 0 Å². The Kier molecular flexibility index (Phi) is 6.03. The van der Waals surface area contributed by atoms with Gasteiger partial charge in [-0.25, -0.2) is 0 Å². The first-order chi connectivity index (χ1) is 16.1. The van der Waals surface area contributed by atoms with Crippen molar-refractivity contribution in [3.05, 3.63) is 78.3 Å². The molecule has 2 aromatic carbocycles. The lowest BCUT2D eigenvalue weighted by molar-refractivity contribution is -0.394. The summed E-state index contributed by atoms with van der Waals surface area (Å²) in [5.41, 5.74) is 0.561. The van der Waals surface area contributed by atoms with Gasteiger partial charge in [-0.2, -0.15) is 0 Å². The van der Waals surface area contributed by atoms with Crippen molar-refractivity contribution in [1.82, 2.24) is 10.2 Å². The van der Waals surface area contributed by atoms with Crippen molar-refractivity contribution in [2.45, 2.75) is 26.2 Å². The van der Waals surface area contributed by atoms with Crippen molar-refractivity contribution in [2.24, 2.45) is 0 Å². The highest BCUT2D eigenvalue weighted by Gasteiger charge is 2.34. The Morgan fingerprint density at radius 3 is 2.47 bits per heavy atom. The van der Waals surface area contributed by atoms with E-state index in [2.05, 4.69) is 15.5 Å². The number of hydrogen-bond donors (Lipinski definition) is 1. The highest BCUT2D eigenvalue weighted by Crippen LogP contribution is 2.35. The lowest BCUT2D eigenvalue weighted by Crippen LogP contribution is -2.24. The van der Waals surface area contributed by atoms with E-state index in [4.69, 9.17) is 0 Å². The number of nitro benzene ring substituents is 2. The number of benzene rings is 2. The number of aromatic nitrogens is 2. The summed E-state index contributed by atoms with van der Waals surface area (Å²) in [4.78, 5) is 47.8. The van der Waals surface area contributed by atoms with Crippen LogP contribution in [-0.4, -0.2) is 38.4 Å². The molecule has 1 unspecified atom stereocenters. The van der Waals surface area contributed by atoms with E-state index in [0.29, 0.717) is 11.6 Å². The Morgan fingerprint density at radius 1 is 1.12 bits per heavy atom. The minimum absolute atomic E-state index is 0.00651. The lowest BCUT2D eigenvalue weighted by Gasteiger charge is -2.16. The normalized spacial score (nSPS) is 15.4. The van der Waals surface area contributed by atoms with E-state index in [9.17, 15) is 29.8 Å². The van der Waals surface area contributed by atoms with Gasteiger partial charge in [0, 0.05) is 36.2 Å². The van der Waals surface area contributed by atoms with Crippen LogP contribution in [0.25, 0.3) is 0 Å². The minimum Gasteiger partial charge on any atom is -0.312 e. The Labute approximate surface area is 196 Å². The zero-order valence-corrected chi connectivity index (χ0v) is 18.9. The van der Waals surface area contributed by atoms with E-state index in [0.717, 1.165) is 34.7 Å². The number of non-ortho nitro benzene ring substituents is 1. The van der Waals surface area contributed by atoms with Gasteiger partial charge in [0.1, 0.15) is 5.01 Å². The maximum absolute atomic E-state index is 12.8. The van der Waals surface area contributed by atoms with Gasteiger partial charge in [-0.3, -0.25) is 35.1 Å². The Morgan fingerprint density at radius 2 is 1.82 bits per heavy atom. The molecule has 1 aliphatic rings. The molecule has 12 nitrogen and oxygen atoms in total. The van der Waals surface area contributed by atoms with Crippen molar-refractivity contribution >= 4 is 45.3 Å². The molecule has 2 amide bonds. The SMILES string of the molecule is Cc1ccc(N2CC(c3nnc(NC(=O)c4cc([N+](=O)[O-])cc([N+](=O)[O-])c4C)s3)CC2=O)cc1. The molecule has 0 saturated carbocycles. The number of rotatable bonds is 6. The number of hydrogen-bond acceptors (Lipinski definition) is 9. The van der Waals surface area contributed by atoms with Gasteiger partial charge in [0.25, 0.3) is 17.3 Å². The smallest absolute Gasteiger partial charge is 0.279 e. The second kappa shape index (κ2) is 8.94. The van der Waals surface area contributed by atoms with E-state index in [1.807, 2.05) is 31.2 Å². The molecular formula is C21H18N6O6S. The fourth-order valence-corrected chi connectivity index (χ4v) is 4.51. The molecule has 0 aliphatic carbocycles. The largest absolute Gasteiger partial charge is 0.312 e. The van der Waals surface area contributed by atoms with Crippen molar-refractivity contribution < 1.29 is 19.4 Å².